The Kier molecular flexibility index (Phi) is 1.41. The topological polar surface area (TPSA) is 21.3 Å². The highest BCUT2D eigenvalue weighted by Gasteiger charge is 2.41. The van der Waals surface area contributed by atoms with Crippen molar-refractivity contribution in [2.45, 2.75) is 25.0 Å². The summed E-state index contributed by atoms with van der Waals surface area (Å²) in [5, 5.41) is 3.46. The first-order valence-electron chi connectivity index (χ1n) is 4.90. The van der Waals surface area contributed by atoms with E-state index >= 15 is 0 Å². The van der Waals surface area contributed by atoms with Crippen LogP contribution in [0.2, 0.25) is 0 Å². The third-order valence-corrected chi connectivity index (χ3v) is 2.96. The Hall–Kier alpha value is -1.02. The Morgan fingerprint density at radius 3 is 3.00 bits per heavy atom. The molecule has 1 saturated heterocycles. The fourth-order valence-electron chi connectivity index (χ4n) is 2.32. The summed E-state index contributed by atoms with van der Waals surface area (Å²) in [5.41, 5.74) is 1.29. The van der Waals surface area contributed by atoms with Crippen molar-refractivity contribution in [2.75, 3.05) is 6.54 Å². The van der Waals surface area contributed by atoms with Crippen LogP contribution in [0.5, 0.6) is 5.75 Å². The minimum Gasteiger partial charge on any atom is -0.472 e. The molecule has 1 aromatic rings. The fraction of sp³-hybridized carbons (Fsp3) is 0.455. The molecule has 2 heterocycles. The van der Waals surface area contributed by atoms with E-state index in [1.165, 1.54) is 12.0 Å². The molecule has 3 rings (SSSR count). The molecule has 68 valence electrons. The van der Waals surface area contributed by atoms with Gasteiger partial charge in [0.15, 0.2) is 5.72 Å². The van der Waals surface area contributed by atoms with Crippen molar-refractivity contribution in [2.24, 2.45) is 0 Å². The molecule has 2 nitrogen and oxygen atoms in total. The second-order valence-corrected chi connectivity index (χ2v) is 3.91. The number of rotatable bonds is 0. The normalized spacial score (nSPS) is 30.5. The maximum Gasteiger partial charge on any atom is 0.165 e. The van der Waals surface area contributed by atoms with Gasteiger partial charge >= 0.3 is 0 Å². The van der Waals surface area contributed by atoms with Gasteiger partial charge < -0.3 is 4.74 Å². The van der Waals surface area contributed by atoms with E-state index < -0.39 is 0 Å². The van der Waals surface area contributed by atoms with Crippen LogP contribution >= 0.6 is 0 Å². The van der Waals surface area contributed by atoms with E-state index in [1.807, 2.05) is 6.07 Å². The Balaban J connectivity index is 1.96. The van der Waals surface area contributed by atoms with E-state index in [-0.39, 0.29) is 5.72 Å². The SMILES string of the molecule is c1ccc2c(c1)CC1(CCCN1)O2. The van der Waals surface area contributed by atoms with E-state index in [0.29, 0.717) is 0 Å². The van der Waals surface area contributed by atoms with Crippen molar-refractivity contribution in [3.05, 3.63) is 29.8 Å². The molecule has 0 aromatic heterocycles. The van der Waals surface area contributed by atoms with Crippen molar-refractivity contribution >= 4 is 0 Å². The van der Waals surface area contributed by atoms with Crippen molar-refractivity contribution < 1.29 is 4.74 Å². The maximum absolute atomic E-state index is 5.94. The van der Waals surface area contributed by atoms with Gasteiger partial charge in [0.2, 0.25) is 0 Å². The van der Waals surface area contributed by atoms with Crippen molar-refractivity contribution in [1.82, 2.24) is 5.32 Å². The summed E-state index contributed by atoms with van der Waals surface area (Å²) in [5.74, 6) is 1.07. The first-order chi connectivity index (χ1) is 6.38. The predicted molar refractivity (Wildman–Crippen MR) is 50.7 cm³/mol. The largest absolute Gasteiger partial charge is 0.472 e. The molecule has 1 fully saturated rings. The summed E-state index contributed by atoms with van der Waals surface area (Å²) in [4.78, 5) is 0. The highest BCUT2D eigenvalue weighted by Crippen LogP contribution is 2.37. The smallest absolute Gasteiger partial charge is 0.165 e. The van der Waals surface area contributed by atoms with Crippen LogP contribution in [0.1, 0.15) is 18.4 Å². The minimum absolute atomic E-state index is 0.0519. The first kappa shape index (κ1) is 7.39. The van der Waals surface area contributed by atoms with E-state index in [2.05, 4.69) is 23.5 Å². The monoisotopic (exact) mass is 175 g/mol. The zero-order valence-electron chi connectivity index (χ0n) is 7.55. The lowest BCUT2D eigenvalue weighted by Gasteiger charge is -2.22. The summed E-state index contributed by atoms with van der Waals surface area (Å²) in [6.07, 6.45) is 3.40. The average Bonchev–Trinajstić information content (AvgIpc) is 2.72. The molecule has 0 saturated carbocycles. The maximum atomic E-state index is 5.94. The number of benzene rings is 1. The zero-order chi connectivity index (χ0) is 8.73. The van der Waals surface area contributed by atoms with Crippen molar-refractivity contribution in [3.8, 4) is 5.75 Å². The molecule has 1 spiro atoms. The molecule has 13 heavy (non-hydrogen) atoms. The Morgan fingerprint density at radius 2 is 2.23 bits per heavy atom. The van der Waals surface area contributed by atoms with Crippen LogP contribution in [0.25, 0.3) is 0 Å². The summed E-state index contributed by atoms with van der Waals surface area (Å²) >= 11 is 0. The molecule has 0 aliphatic carbocycles. The van der Waals surface area contributed by atoms with Crippen molar-refractivity contribution in [3.63, 3.8) is 0 Å². The van der Waals surface area contributed by atoms with Crippen LogP contribution in [0.4, 0.5) is 0 Å². The predicted octanol–water partition coefficient (Wildman–Crippen LogP) is 1.70. The van der Waals surface area contributed by atoms with Crippen LogP contribution in [0.3, 0.4) is 0 Å². The highest BCUT2D eigenvalue weighted by molar-refractivity contribution is 5.39. The third-order valence-electron chi connectivity index (χ3n) is 2.96. The van der Waals surface area contributed by atoms with Crippen LogP contribution in [-0.2, 0) is 6.42 Å². The van der Waals surface area contributed by atoms with Crippen LogP contribution < -0.4 is 10.1 Å². The average molecular weight is 175 g/mol. The number of ether oxygens (including phenoxy) is 1. The van der Waals surface area contributed by atoms with Crippen LogP contribution in [-0.4, -0.2) is 12.3 Å². The van der Waals surface area contributed by atoms with Gasteiger partial charge in [-0.1, -0.05) is 18.2 Å². The highest BCUT2D eigenvalue weighted by atomic mass is 16.5. The summed E-state index contributed by atoms with van der Waals surface area (Å²) in [7, 11) is 0. The summed E-state index contributed by atoms with van der Waals surface area (Å²) in [6, 6.07) is 8.33. The van der Waals surface area contributed by atoms with Gasteiger partial charge in [-0.3, -0.25) is 5.32 Å². The Labute approximate surface area is 77.9 Å². The minimum atomic E-state index is -0.0519. The number of hydrogen-bond acceptors (Lipinski definition) is 2. The molecule has 0 amide bonds. The molecule has 2 aliphatic heterocycles. The van der Waals surface area contributed by atoms with Crippen LogP contribution in [0.15, 0.2) is 24.3 Å². The molecule has 1 unspecified atom stereocenters. The van der Waals surface area contributed by atoms with E-state index in [4.69, 9.17) is 4.74 Å². The molecule has 1 N–H and O–H groups in total. The number of fused-ring (bicyclic) bond motifs is 1. The lowest BCUT2D eigenvalue weighted by Crippen LogP contribution is -2.44. The summed E-state index contributed by atoms with van der Waals surface area (Å²) in [6.45, 7) is 1.09. The fourth-order valence-corrected chi connectivity index (χ4v) is 2.32. The van der Waals surface area contributed by atoms with Gasteiger partial charge in [-0.25, -0.2) is 0 Å². The molecular formula is C11H13NO. The Morgan fingerprint density at radius 1 is 1.31 bits per heavy atom. The number of para-hydroxylation sites is 1. The van der Waals surface area contributed by atoms with E-state index in [0.717, 1.165) is 25.1 Å². The van der Waals surface area contributed by atoms with Gasteiger partial charge in [0.1, 0.15) is 5.75 Å². The van der Waals surface area contributed by atoms with E-state index in [1.54, 1.807) is 0 Å². The van der Waals surface area contributed by atoms with Gasteiger partial charge in [0.05, 0.1) is 0 Å². The summed E-state index contributed by atoms with van der Waals surface area (Å²) < 4.78 is 5.94. The van der Waals surface area contributed by atoms with Gasteiger partial charge in [-0.05, 0) is 24.6 Å². The number of hydrogen-bond donors (Lipinski definition) is 1. The zero-order valence-corrected chi connectivity index (χ0v) is 7.55. The molecule has 2 aliphatic rings. The lowest BCUT2D eigenvalue weighted by molar-refractivity contribution is 0.0786. The standard InChI is InChI=1S/C11H13NO/c1-2-5-10-9(4-1)8-11(13-10)6-3-7-12-11/h1-2,4-5,12H,3,6-8H2. The quantitative estimate of drug-likeness (QED) is 0.648. The lowest BCUT2D eigenvalue weighted by atomic mass is 10.0. The van der Waals surface area contributed by atoms with Gasteiger partial charge in [0, 0.05) is 12.8 Å². The van der Waals surface area contributed by atoms with Crippen LogP contribution in [0, 0.1) is 0 Å². The van der Waals surface area contributed by atoms with Gasteiger partial charge in [-0.15, -0.1) is 0 Å². The van der Waals surface area contributed by atoms with E-state index in [9.17, 15) is 0 Å². The molecule has 2 heteroatoms. The third kappa shape index (κ3) is 1.05. The second-order valence-electron chi connectivity index (χ2n) is 3.91. The number of nitrogens with one attached hydrogen (secondary N) is 1. The first-order valence-corrected chi connectivity index (χ1v) is 4.90. The molecule has 1 aromatic carbocycles. The van der Waals surface area contributed by atoms with Crippen molar-refractivity contribution in [1.29, 1.82) is 0 Å². The molecular weight excluding hydrogens is 162 g/mol. The second kappa shape index (κ2) is 2.48. The molecule has 1 atom stereocenters. The molecule has 0 bridgehead atoms. The molecule has 0 radical (unpaired) electrons. The van der Waals surface area contributed by atoms with Gasteiger partial charge in [0.25, 0.3) is 0 Å². The Bertz CT molecular complexity index is 302. The van der Waals surface area contributed by atoms with Gasteiger partial charge in [-0.2, -0.15) is 0 Å².